The van der Waals surface area contributed by atoms with Crippen LogP contribution in [0, 0.1) is 0 Å². The molecule has 1 atom stereocenters. The van der Waals surface area contributed by atoms with Gasteiger partial charge in [-0.1, -0.05) is 42.5 Å². The minimum Gasteiger partial charge on any atom is -0.497 e. The number of sulfonamides is 1. The molecule has 214 valence electrons. The second-order valence-corrected chi connectivity index (χ2v) is 11.7. The summed E-state index contributed by atoms with van der Waals surface area (Å²) in [4.78, 5) is 27.9. The van der Waals surface area contributed by atoms with Crippen LogP contribution in [0.25, 0.3) is 0 Å². The molecule has 9 nitrogen and oxygen atoms in total. The van der Waals surface area contributed by atoms with Gasteiger partial charge in [0.1, 0.15) is 30.7 Å². The van der Waals surface area contributed by atoms with E-state index in [0.29, 0.717) is 23.8 Å². The Labute approximate surface area is 236 Å². The third-order valence-electron chi connectivity index (χ3n) is 6.16. The van der Waals surface area contributed by atoms with Gasteiger partial charge in [0.2, 0.25) is 21.8 Å². The summed E-state index contributed by atoms with van der Waals surface area (Å²) in [5.74, 6) is 0.374. The molecule has 0 bridgehead atoms. The average Bonchev–Trinajstić information content (AvgIpc) is 2.93. The summed E-state index contributed by atoms with van der Waals surface area (Å²) in [7, 11) is -2.27. The first-order valence-electron chi connectivity index (χ1n) is 12.9. The highest BCUT2D eigenvalue weighted by molar-refractivity contribution is 7.92. The number of benzene rings is 3. The molecule has 2 amide bonds. The molecule has 3 aromatic rings. The molecular formula is C30H37N3O6S. The predicted octanol–water partition coefficient (Wildman–Crippen LogP) is 3.98. The molecule has 0 heterocycles. The second-order valence-electron chi connectivity index (χ2n) is 9.75. The van der Waals surface area contributed by atoms with Crippen LogP contribution in [0.3, 0.4) is 0 Å². The molecule has 10 heteroatoms. The lowest BCUT2D eigenvalue weighted by molar-refractivity contribution is -0.139. The highest BCUT2D eigenvalue weighted by Crippen LogP contribution is 2.23. The van der Waals surface area contributed by atoms with Gasteiger partial charge < -0.3 is 19.7 Å². The second kappa shape index (κ2) is 13.8. The normalized spacial score (nSPS) is 11.9. The molecule has 0 saturated carbocycles. The number of hydrogen-bond acceptors (Lipinski definition) is 6. The van der Waals surface area contributed by atoms with Crippen LogP contribution in [-0.2, 0) is 32.8 Å². The Morgan fingerprint density at radius 1 is 0.850 bits per heavy atom. The number of methoxy groups -OCH3 is 1. The van der Waals surface area contributed by atoms with E-state index < -0.39 is 28.5 Å². The number of rotatable bonds is 13. The molecule has 3 aromatic carbocycles. The SMILES string of the molecule is COc1ccc(CN(C(=O)CN(c2ccc(OCc3ccccc3)cc2)S(C)(=O)=O)[C@H](C)C(=O)NC(C)C)cc1. The Balaban J connectivity index is 1.82. The van der Waals surface area contributed by atoms with E-state index in [2.05, 4.69) is 5.32 Å². The molecule has 0 aromatic heterocycles. The summed E-state index contributed by atoms with van der Waals surface area (Å²) >= 11 is 0. The fourth-order valence-corrected chi connectivity index (χ4v) is 4.83. The molecule has 1 N–H and O–H groups in total. The Kier molecular flexibility index (Phi) is 10.6. The molecule has 0 fully saturated rings. The van der Waals surface area contributed by atoms with Gasteiger partial charge in [0.05, 0.1) is 19.1 Å². The molecule has 3 rings (SSSR count). The molecule has 0 radical (unpaired) electrons. The lowest BCUT2D eigenvalue weighted by atomic mass is 10.1. The Bertz CT molecular complexity index is 1360. The lowest BCUT2D eigenvalue weighted by Crippen LogP contribution is -2.52. The smallest absolute Gasteiger partial charge is 0.244 e. The van der Waals surface area contributed by atoms with Gasteiger partial charge in [0.25, 0.3) is 0 Å². The van der Waals surface area contributed by atoms with Crippen molar-refractivity contribution < 1.29 is 27.5 Å². The number of amides is 2. The number of carbonyl (C=O) groups is 2. The fourth-order valence-electron chi connectivity index (χ4n) is 3.98. The monoisotopic (exact) mass is 567 g/mol. The number of ether oxygens (including phenoxy) is 2. The largest absolute Gasteiger partial charge is 0.497 e. The van der Waals surface area contributed by atoms with Crippen molar-refractivity contribution in [2.75, 3.05) is 24.2 Å². The van der Waals surface area contributed by atoms with Crippen LogP contribution < -0.4 is 19.1 Å². The van der Waals surface area contributed by atoms with E-state index in [1.165, 1.54) is 4.90 Å². The first-order chi connectivity index (χ1) is 19.0. The minimum absolute atomic E-state index is 0.110. The van der Waals surface area contributed by atoms with Gasteiger partial charge >= 0.3 is 0 Å². The van der Waals surface area contributed by atoms with Crippen molar-refractivity contribution in [1.82, 2.24) is 10.2 Å². The van der Waals surface area contributed by atoms with E-state index in [4.69, 9.17) is 9.47 Å². The first-order valence-corrected chi connectivity index (χ1v) is 14.8. The summed E-state index contributed by atoms with van der Waals surface area (Å²) in [6, 6.07) is 22.4. The summed E-state index contributed by atoms with van der Waals surface area (Å²) in [5, 5.41) is 2.83. The zero-order valence-electron chi connectivity index (χ0n) is 23.5. The van der Waals surface area contributed by atoms with Gasteiger partial charge in [0.15, 0.2) is 0 Å². The van der Waals surface area contributed by atoms with E-state index >= 15 is 0 Å². The zero-order valence-corrected chi connectivity index (χ0v) is 24.4. The predicted molar refractivity (Wildman–Crippen MR) is 156 cm³/mol. The van der Waals surface area contributed by atoms with Gasteiger partial charge in [-0.2, -0.15) is 0 Å². The highest BCUT2D eigenvalue weighted by atomic mass is 32.2. The number of carbonyl (C=O) groups excluding carboxylic acids is 2. The Morgan fingerprint density at radius 3 is 2.00 bits per heavy atom. The molecular weight excluding hydrogens is 530 g/mol. The number of hydrogen-bond donors (Lipinski definition) is 1. The summed E-state index contributed by atoms with van der Waals surface area (Å²) in [5.41, 5.74) is 2.08. The van der Waals surface area contributed by atoms with Gasteiger partial charge in [-0.3, -0.25) is 13.9 Å². The minimum atomic E-state index is -3.83. The Hall–Kier alpha value is -4.05. The van der Waals surface area contributed by atoms with E-state index in [0.717, 1.165) is 21.7 Å². The Morgan fingerprint density at radius 2 is 1.45 bits per heavy atom. The molecule has 40 heavy (non-hydrogen) atoms. The van der Waals surface area contributed by atoms with Crippen LogP contribution in [0.4, 0.5) is 5.69 Å². The highest BCUT2D eigenvalue weighted by Gasteiger charge is 2.30. The van der Waals surface area contributed by atoms with Crippen LogP contribution in [-0.4, -0.2) is 57.1 Å². The van der Waals surface area contributed by atoms with Gasteiger partial charge in [-0.05, 0) is 68.3 Å². The first kappa shape index (κ1) is 30.5. The summed E-state index contributed by atoms with van der Waals surface area (Å²) < 4.78 is 37.6. The van der Waals surface area contributed by atoms with E-state index in [9.17, 15) is 18.0 Å². The van der Waals surface area contributed by atoms with Gasteiger partial charge in [-0.25, -0.2) is 8.42 Å². The van der Waals surface area contributed by atoms with Gasteiger partial charge in [0, 0.05) is 12.6 Å². The molecule has 0 aliphatic heterocycles. The standard InChI is InChI=1S/C30H37N3O6S/c1-22(2)31-30(35)23(3)32(19-24-11-15-27(38-4)16-12-24)29(34)20-33(40(5,36)37)26-13-17-28(18-14-26)39-21-25-9-7-6-8-10-25/h6-18,22-23H,19-21H2,1-5H3,(H,31,35)/t23-/m1/s1. The molecule has 0 saturated heterocycles. The van der Waals surface area contributed by atoms with E-state index in [1.54, 1.807) is 62.6 Å². The maximum Gasteiger partial charge on any atom is 0.244 e. The van der Waals surface area contributed by atoms with Crippen LogP contribution in [0.15, 0.2) is 78.9 Å². The molecule has 0 spiro atoms. The van der Waals surface area contributed by atoms with Crippen molar-refractivity contribution in [3.05, 3.63) is 90.0 Å². The molecule has 0 aliphatic rings. The van der Waals surface area contributed by atoms with Crippen molar-refractivity contribution in [3.8, 4) is 11.5 Å². The van der Waals surface area contributed by atoms with Crippen LogP contribution in [0.5, 0.6) is 11.5 Å². The van der Waals surface area contributed by atoms with Crippen molar-refractivity contribution in [1.29, 1.82) is 0 Å². The third kappa shape index (κ3) is 8.74. The fraction of sp³-hybridized carbons (Fsp3) is 0.333. The molecule has 0 unspecified atom stereocenters. The maximum atomic E-state index is 13.6. The van der Waals surface area contributed by atoms with Crippen molar-refractivity contribution in [3.63, 3.8) is 0 Å². The van der Waals surface area contributed by atoms with Crippen LogP contribution in [0.1, 0.15) is 31.9 Å². The van der Waals surface area contributed by atoms with E-state index in [1.807, 2.05) is 44.2 Å². The number of anilines is 1. The maximum absolute atomic E-state index is 13.6. The lowest BCUT2D eigenvalue weighted by Gasteiger charge is -2.32. The van der Waals surface area contributed by atoms with Gasteiger partial charge in [-0.15, -0.1) is 0 Å². The van der Waals surface area contributed by atoms with Crippen molar-refractivity contribution in [2.45, 2.75) is 46.0 Å². The van der Waals surface area contributed by atoms with E-state index in [-0.39, 0.29) is 18.5 Å². The summed E-state index contributed by atoms with van der Waals surface area (Å²) in [6.45, 7) is 5.30. The average molecular weight is 568 g/mol. The third-order valence-corrected chi connectivity index (χ3v) is 7.30. The zero-order chi connectivity index (χ0) is 29.3. The quantitative estimate of drug-likeness (QED) is 0.335. The molecule has 0 aliphatic carbocycles. The summed E-state index contributed by atoms with van der Waals surface area (Å²) in [6.07, 6.45) is 1.04. The topological polar surface area (TPSA) is 105 Å². The van der Waals surface area contributed by atoms with Crippen LogP contribution >= 0.6 is 0 Å². The van der Waals surface area contributed by atoms with Crippen molar-refractivity contribution >= 4 is 27.5 Å². The van der Waals surface area contributed by atoms with Crippen LogP contribution in [0.2, 0.25) is 0 Å². The van der Waals surface area contributed by atoms with Crippen molar-refractivity contribution in [2.24, 2.45) is 0 Å². The number of nitrogens with zero attached hydrogens (tertiary/aromatic N) is 2. The number of nitrogens with one attached hydrogen (secondary N) is 1.